The van der Waals surface area contributed by atoms with Crippen molar-refractivity contribution in [3.63, 3.8) is 0 Å². The fraction of sp³-hybridized carbons (Fsp3) is 0.552. The van der Waals surface area contributed by atoms with E-state index in [-0.39, 0.29) is 30.6 Å². The van der Waals surface area contributed by atoms with E-state index in [1.807, 2.05) is 30.3 Å². The van der Waals surface area contributed by atoms with E-state index in [0.717, 1.165) is 44.6 Å². The van der Waals surface area contributed by atoms with E-state index >= 15 is 0 Å². The lowest BCUT2D eigenvalue weighted by Crippen LogP contribution is -3.00. The molecule has 208 valence electrons. The molecule has 1 aromatic heterocycles. The van der Waals surface area contributed by atoms with Crippen molar-refractivity contribution in [2.24, 2.45) is 0 Å². The van der Waals surface area contributed by atoms with Gasteiger partial charge in [-0.3, -0.25) is 0 Å². The summed E-state index contributed by atoms with van der Waals surface area (Å²) in [4.78, 5) is 2.20. The Labute approximate surface area is 241 Å². The molecule has 0 spiro atoms. The Morgan fingerprint density at radius 3 is 2.45 bits per heavy atom. The molecule has 0 saturated carbocycles. The molecule has 0 bridgehead atoms. The third-order valence-electron chi connectivity index (χ3n) is 7.96. The highest BCUT2D eigenvalue weighted by molar-refractivity contribution is 5.73. The molecule has 9 heteroatoms. The van der Waals surface area contributed by atoms with Crippen molar-refractivity contribution in [3.05, 3.63) is 66.0 Å². The van der Waals surface area contributed by atoms with Crippen molar-refractivity contribution in [1.29, 1.82) is 0 Å². The Balaban J connectivity index is 0.00000336. The van der Waals surface area contributed by atoms with Gasteiger partial charge in [-0.15, -0.1) is 0 Å². The number of fused-ring (bicyclic) bond motifs is 1. The van der Waals surface area contributed by atoms with E-state index in [4.69, 9.17) is 9.47 Å². The van der Waals surface area contributed by atoms with Crippen molar-refractivity contribution < 1.29 is 53.3 Å². The lowest BCUT2D eigenvalue weighted by molar-refractivity contribution is -0.668. The summed E-state index contributed by atoms with van der Waals surface area (Å²) in [6.07, 6.45) is -0.632. The number of aliphatic hydroxyl groups excluding tert-OH is 3. The second-order valence-corrected chi connectivity index (χ2v) is 10.3. The molecular formula is C29H40IN3O5. The average molecular weight is 638 g/mol. The number of hydrogen-bond donors (Lipinski definition) is 3. The molecule has 3 aromatic rings. The summed E-state index contributed by atoms with van der Waals surface area (Å²) in [5, 5.41) is 32.2. The fourth-order valence-corrected chi connectivity index (χ4v) is 5.75. The van der Waals surface area contributed by atoms with Crippen LogP contribution in [-0.4, -0.2) is 75.4 Å². The number of nitrogens with zero attached hydrogens (tertiary/aromatic N) is 3. The summed E-state index contributed by atoms with van der Waals surface area (Å²) in [5.41, 5.74) is 4.74. The lowest BCUT2D eigenvalue weighted by Gasteiger charge is -2.39. The molecule has 2 aliphatic heterocycles. The lowest BCUT2D eigenvalue weighted by atomic mass is 9.89. The molecule has 0 amide bonds. The first-order chi connectivity index (χ1) is 18.0. The van der Waals surface area contributed by atoms with Crippen molar-refractivity contribution in [2.75, 3.05) is 26.2 Å². The van der Waals surface area contributed by atoms with Gasteiger partial charge in [0.2, 0.25) is 6.33 Å². The van der Waals surface area contributed by atoms with E-state index < -0.39 is 30.7 Å². The van der Waals surface area contributed by atoms with Crippen molar-refractivity contribution >= 4 is 11.0 Å². The molecule has 5 rings (SSSR count). The van der Waals surface area contributed by atoms with Crippen LogP contribution in [0.15, 0.2) is 54.9 Å². The zero-order valence-electron chi connectivity index (χ0n) is 22.2. The molecular weight excluding hydrogens is 597 g/mol. The molecule has 38 heavy (non-hydrogen) atoms. The maximum Gasteiger partial charge on any atom is 0.244 e. The van der Waals surface area contributed by atoms with Gasteiger partial charge in [-0.25, -0.2) is 9.13 Å². The van der Waals surface area contributed by atoms with Crippen LogP contribution in [-0.2, 0) is 22.6 Å². The number of aryl methyl sites for hydroxylation is 2. The third kappa shape index (κ3) is 6.24. The van der Waals surface area contributed by atoms with E-state index in [1.165, 1.54) is 16.6 Å². The third-order valence-corrected chi connectivity index (χ3v) is 7.96. The molecule has 0 aliphatic carbocycles. The van der Waals surface area contributed by atoms with Gasteiger partial charge < -0.3 is 53.7 Å². The minimum Gasteiger partial charge on any atom is -1.00 e. The molecule has 1 unspecified atom stereocenters. The number of benzene rings is 2. The summed E-state index contributed by atoms with van der Waals surface area (Å²) in [7, 11) is 0. The van der Waals surface area contributed by atoms with Crippen LogP contribution < -0.4 is 28.5 Å². The van der Waals surface area contributed by atoms with Gasteiger partial charge in [-0.05, 0) is 63.4 Å². The number of aliphatic hydroxyl groups is 3. The van der Waals surface area contributed by atoms with Gasteiger partial charge in [0, 0.05) is 12.1 Å². The maximum atomic E-state index is 10.9. The summed E-state index contributed by atoms with van der Waals surface area (Å²) >= 11 is 0. The summed E-state index contributed by atoms with van der Waals surface area (Å²) in [6, 6.07) is 16.3. The van der Waals surface area contributed by atoms with E-state index in [2.05, 4.69) is 52.4 Å². The first kappa shape index (κ1) is 29.4. The number of piperidine rings is 1. The Hall–Kier alpha value is -1.60. The molecule has 2 aromatic carbocycles. The van der Waals surface area contributed by atoms with Gasteiger partial charge in [-0.2, -0.15) is 0 Å². The SMILES string of the molecule is CCn1c[n+](CC)c2ccc(C3CCN(C[C@H](O)[C@@H](O)[C@@H]4OC(c5ccccc5)OC[C@H]4O)CC3)cc21.[I-]. The number of imidazole rings is 1. The van der Waals surface area contributed by atoms with Gasteiger partial charge in [0.1, 0.15) is 18.3 Å². The number of likely N-dealkylation sites (tertiary alicyclic amines) is 1. The minimum atomic E-state index is -1.21. The van der Waals surface area contributed by atoms with Crippen LogP contribution in [0, 0.1) is 0 Å². The van der Waals surface area contributed by atoms with Gasteiger partial charge >= 0.3 is 0 Å². The minimum absolute atomic E-state index is 0. The molecule has 2 aliphatic rings. The predicted octanol–water partition coefficient (Wildman–Crippen LogP) is -0.651. The second kappa shape index (κ2) is 13.2. The largest absolute Gasteiger partial charge is 1.00 e. The maximum absolute atomic E-state index is 10.9. The van der Waals surface area contributed by atoms with Crippen LogP contribution >= 0.6 is 0 Å². The van der Waals surface area contributed by atoms with Crippen molar-refractivity contribution in [1.82, 2.24) is 9.47 Å². The molecule has 0 radical (unpaired) electrons. The zero-order valence-corrected chi connectivity index (χ0v) is 24.4. The molecule has 2 saturated heterocycles. The quantitative estimate of drug-likeness (QED) is 0.225. The van der Waals surface area contributed by atoms with Gasteiger partial charge in [0.25, 0.3) is 0 Å². The predicted molar refractivity (Wildman–Crippen MR) is 140 cm³/mol. The summed E-state index contributed by atoms with van der Waals surface area (Å²) in [6.45, 7) is 8.33. The number of ether oxygens (including phenoxy) is 2. The van der Waals surface area contributed by atoms with E-state index in [9.17, 15) is 15.3 Å². The van der Waals surface area contributed by atoms with E-state index in [1.54, 1.807) is 0 Å². The van der Waals surface area contributed by atoms with Gasteiger partial charge in [0.15, 0.2) is 17.3 Å². The van der Waals surface area contributed by atoms with Crippen LogP contribution in [0.3, 0.4) is 0 Å². The number of β-amino-alcohol motifs (C(OH)–C–C–N with tert-alkyl or cyclic N) is 1. The number of hydrogen-bond acceptors (Lipinski definition) is 6. The second-order valence-electron chi connectivity index (χ2n) is 10.3. The Bertz CT molecular complexity index is 1170. The van der Waals surface area contributed by atoms with Crippen LogP contribution in [0.25, 0.3) is 11.0 Å². The van der Waals surface area contributed by atoms with Crippen LogP contribution in [0.1, 0.15) is 50.0 Å². The van der Waals surface area contributed by atoms with Crippen LogP contribution in [0.2, 0.25) is 0 Å². The summed E-state index contributed by atoms with van der Waals surface area (Å²) in [5.74, 6) is 0.477. The van der Waals surface area contributed by atoms with Gasteiger partial charge in [0.05, 0.1) is 25.8 Å². The van der Waals surface area contributed by atoms with Crippen molar-refractivity contribution in [3.8, 4) is 0 Å². The monoisotopic (exact) mass is 637 g/mol. The molecule has 2 fully saturated rings. The molecule has 5 atom stereocenters. The normalized spacial score (nSPS) is 24.7. The Kier molecular flexibility index (Phi) is 10.2. The molecule has 3 heterocycles. The highest BCUT2D eigenvalue weighted by atomic mass is 127. The fourth-order valence-electron chi connectivity index (χ4n) is 5.75. The molecule has 8 nitrogen and oxygen atoms in total. The Morgan fingerprint density at radius 2 is 1.76 bits per heavy atom. The topological polar surface area (TPSA) is 91.2 Å². The molecule has 3 N–H and O–H groups in total. The number of rotatable bonds is 8. The first-order valence-corrected chi connectivity index (χ1v) is 13.6. The summed E-state index contributed by atoms with van der Waals surface area (Å²) < 4.78 is 16.1. The number of halogens is 1. The standard InChI is InChI=1S/C29H40N3O5.HI/c1-3-31-19-32(4-2)24-16-22(10-11-23(24)31)20-12-14-30(15-13-20)17-25(33)27(35)28-26(34)18-36-29(37-28)21-8-6-5-7-9-21;/h5-11,16,19-20,25-29,33-35H,3-4,12-15,17-18H2,1-2H3;1H/q+1;/p-1/t25-,26+,27+,28+,29?;/m0./s1. The highest BCUT2D eigenvalue weighted by Gasteiger charge is 2.40. The number of aromatic nitrogens is 2. The highest BCUT2D eigenvalue weighted by Crippen LogP contribution is 2.31. The Morgan fingerprint density at radius 1 is 1.03 bits per heavy atom. The van der Waals surface area contributed by atoms with Gasteiger partial charge in [-0.1, -0.05) is 36.4 Å². The van der Waals surface area contributed by atoms with Crippen molar-refractivity contribution in [2.45, 2.75) is 76.4 Å². The van der Waals surface area contributed by atoms with Crippen LogP contribution in [0.4, 0.5) is 0 Å². The first-order valence-electron chi connectivity index (χ1n) is 13.6. The smallest absolute Gasteiger partial charge is 0.244 e. The van der Waals surface area contributed by atoms with Crippen LogP contribution in [0.5, 0.6) is 0 Å². The van der Waals surface area contributed by atoms with E-state index in [0.29, 0.717) is 12.5 Å². The average Bonchev–Trinajstić information content (AvgIpc) is 3.31. The zero-order chi connectivity index (χ0) is 25.9.